The molecule has 2 N–H and O–H groups in total. The minimum absolute atomic E-state index is 0.00588. The zero-order valence-electron chi connectivity index (χ0n) is 17.8. The van der Waals surface area contributed by atoms with E-state index in [-0.39, 0.29) is 17.7 Å². The van der Waals surface area contributed by atoms with Crippen LogP contribution in [0, 0.1) is 33.6 Å². The van der Waals surface area contributed by atoms with Crippen molar-refractivity contribution in [2.24, 2.45) is 5.92 Å². The molecule has 0 bridgehead atoms. The molecule has 0 spiro atoms. The summed E-state index contributed by atoms with van der Waals surface area (Å²) in [6.45, 7) is 10.00. The Kier molecular flexibility index (Phi) is 6.70. The molecule has 1 aliphatic heterocycles. The molecule has 0 unspecified atom stereocenters. The Bertz CT molecular complexity index is 879. The second kappa shape index (κ2) is 9.23. The van der Waals surface area contributed by atoms with E-state index in [2.05, 4.69) is 21.6 Å². The predicted octanol–water partition coefficient (Wildman–Crippen LogP) is 4.21. The van der Waals surface area contributed by atoms with E-state index in [1.165, 1.54) is 5.56 Å². The molecular weight excluding hydrogens is 362 g/mol. The molecule has 29 heavy (non-hydrogen) atoms. The van der Waals surface area contributed by atoms with E-state index in [1.54, 1.807) is 0 Å². The van der Waals surface area contributed by atoms with Gasteiger partial charge in [-0.1, -0.05) is 18.2 Å². The summed E-state index contributed by atoms with van der Waals surface area (Å²) in [5.41, 5.74) is 6.29. The summed E-state index contributed by atoms with van der Waals surface area (Å²) >= 11 is 0. The van der Waals surface area contributed by atoms with Crippen molar-refractivity contribution in [3.05, 3.63) is 58.7 Å². The Labute approximate surface area is 173 Å². The van der Waals surface area contributed by atoms with Crippen molar-refractivity contribution in [3.8, 4) is 0 Å². The SMILES string of the molecule is Cc1cc(C)cc(NC(=O)CN2CCC(C(=O)Nc3cccc(C)c3C)CC2)c1. The number of hydrogen-bond acceptors (Lipinski definition) is 3. The quantitative estimate of drug-likeness (QED) is 0.800. The van der Waals surface area contributed by atoms with Crippen LogP contribution in [0.15, 0.2) is 36.4 Å². The fraction of sp³-hybridized carbons (Fsp3) is 0.417. The average Bonchev–Trinajstić information content (AvgIpc) is 2.65. The van der Waals surface area contributed by atoms with Gasteiger partial charge in [-0.3, -0.25) is 14.5 Å². The third-order valence-corrected chi connectivity index (χ3v) is 5.69. The van der Waals surface area contributed by atoms with Gasteiger partial charge in [-0.2, -0.15) is 0 Å². The molecule has 1 saturated heterocycles. The maximum Gasteiger partial charge on any atom is 0.238 e. The Hall–Kier alpha value is -2.66. The van der Waals surface area contributed by atoms with Crippen LogP contribution in [0.25, 0.3) is 0 Å². The van der Waals surface area contributed by atoms with Crippen LogP contribution in [0.4, 0.5) is 11.4 Å². The van der Waals surface area contributed by atoms with E-state index in [0.717, 1.165) is 54.0 Å². The average molecular weight is 394 g/mol. The van der Waals surface area contributed by atoms with Gasteiger partial charge < -0.3 is 10.6 Å². The van der Waals surface area contributed by atoms with E-state index in [0.29, 0.717) is 6.54 Å². The van der Waals surface area contributed by atoms with Crippen molar-refractivity contribution in [1.29, 1.82) is 0 Å². The number of piperidine rings is 1. The molecule has 0 atom stereocenters. The van der Waals surface area contributed by atoms with Gasteiger partial charge in [0.15, 0.2) is 0 Å². The van der Waals surface area contributed by atoms with Crippen LogP contribution >= 0.6 is 0 Å². The number of aryl methyl sites for hydroxylation is 3. The normalized spacial score (nSPS) is 15.2. The van der Waals surface area contributed by atoms with Crippen LogP contribution in [0.2, 0.25) is 0 Å². The Morgan fingerprint density at radius 3 is 2.28 bits per heavy atom. The minimum Gasteiger partial charge on any atom is -0.326 e. The predicted molar refractivity (Wildman–Crippen MR) is 118 cm³/mol. The Balaban J connectivity index is 1.48. The number of nitrogens with one attached hydrogen (secondary N) is 2. The van der Waals surface area contributed by atoms with Crippen molar-refractivity contribution in [3.63, 3.8) is 0 Å². The molecule has 1 aliphatic rings. The molecule has 154 valence electrons. The summed E-state index contributed by atoms with van der Waals surface area (Å²) in [5, 5.41) is 6.07. The van der Waals surface area contributed by atoms with Crippen LogP contribution in [0.1, 0.15) is 35.1 Å². The highest BCUT2D eigenvalue weighted by Gasteiger charge is 2.26. The van der Waals surface area contributed by atoms with Gasteiger partial charge in [-0.15, -0.1) is 0 Å². The zero-order chi connectivity index (χ0) is 21.0. The maximum atomic E-state index is 12.7. The van der Waals surface area contributed by atoms with E-state index in [1.807, 2.05) is 58.0 Å². The molecule has 2 aromatic carbocycles. The minimum atomic E-state index is -0.00622. The zero-order valence-corrected chi connectivity index (χ0v) is 17.8. The van der Waals surface area contributed by atoms with Crippen molar-refractivity contribution >= 4 is 23.2 Å². The third-order valence-electron chi connectivity index (χ3n) is 5.69. The molecule has 0 aliphatic carbocycles. The molecule has 0 radical (unpaired) electrons. The van der Waals surface area contributed by atoms with Gasteiger partial charge >= 0.3 is 0 Å². The fourth-order valence-corrected chi connectivity index (χ4v) is 3.93. The van der Waals surface area contributed by atoms with Crippen LogP contribution in [0.3, 0.4) is 0 Å². The summed E-state index contributed by atoms with van der Waals surface area (Å²) in [5.74, 6) is 0.0694. The fourth-order valence-electron chi connectivity index (χ4n) is 3.93. The number of nitrogens with zero attached hydrogens (tertiary/aromatic N) is 1. The Morgan fingerprint density at radius 2 is 1.62 bits per heavy atom. The maximum absolute atomic E-state index is 12.7. The Morgan fingerprint density at radius 1 is 0.966 bits per heavy atom. The first-order valence-corrected chi connectivity index (χ1v) is 10.3. The first-order chi connectivity index (χ1) is 13.8. The molecule has 5 nitrogen and oxygen atoms in total. The molecule has 0 aromatic heterocycles. The van der Waals surface area contributed by atoms with Gasteiger partial charge in [0.2, 0.25) is 11.8 Å². The standard InChI is InChI=1S/C24H31N3O2/c1-16-12-17(2)14-21(13-16)25-23(28)15-27-10-8-20(9-11-27)24(29)26-22-7-5-6-18(3)19(22)4/h5-7,12-14,20H,8-11,15H2,1-4H3,(H,25,28)(H,26,29). The molecule has 3 rings (SSSR count). The van der Waals surface area contributed by atoms with Gasteiger partial charge in [0, 0.05) is 17.3 Å². The second-order valence-electron chi connectivity index (χ2n) is 8.21. The lowest BCUT2D eigenvalue weighted by Gasteiger charge is -2.30. The highest BCUT2D eigenvalue weighted by molar-refractivity contribution is 5.94. The number of likely N-dealkylation sites (tertiary alicyclic amines) is 1. The highest BCUT2D eigenvalue weighted by atomic mass is 16.2. The monoisotopic (exact) mass is 393 g/mol. The number of carbonyl (C=O) groups excluding carboxylic acids is 2. The summed E-state index contributed by atoms with van der Waals surface area (Å²) in [6, 6.07) is 12.0. The van der Waals surface area contributed by atoms with Gasteiger partial charge in [0.25, 0.3) is 0 Å². The van der Waals surface area contributed by atoms with Crippen molar-refractivity contribution < 1.29 is 9.59 Å². The van der Waals surface area contributed by atoms with E-state index >= 15 is 0 Å². The summed E-state index contributed by atoms with van der Waals surface area (Å²) in [4.78, 5) is 27.2. The number of carbonyl (C=O) groups is 2. The van der Waals surface area contributed by atoms with Gasteiger partial charge in [0.05, 0.1) is 6.54 Å². The molecular formula is C24H31N3O2. The van der Waals surface area contributed by atoms with Gasteiger partial charge in [-0.05, 0) is 94.1 Å². The first kappa shape index (κ1) is 21.1. The van der Waals surface area contributed by atoms with Crippen molar-refractivity contribution in [1.82, 2.24) is 4.90 Å². The smallest absolute Gasteiger partial charge is 0.238 e. The molecule has 2 aromatic rings. The van der Waals surface area contributed by atoms with Crippen molar-refractivity contribution in [2.45, 2.75) is 40.5 Å². The second-order valence-corrected chi connectivity index (χ2v) is 8.21. The summed E-state index contributed by atoms with van der Waals surface area (Å²) in [6.07, 6.45) is 1.54. The molecule has 5 heteroatoms. The van der Waals surface area contributed by atoms with E-state index < -0.39 is 0 Å². The molecule has 2 amide bonds. The number of benzene rings is 2. The summed E-state index contributed by atoms with van der Waals surface area (Å²) < 4.78 is 0. The lowest BCUT2D eigenvalue weighted by molar-refractivity contribution is -0.121. The van der Waals surface area contributed by atoms with Crippen LogP contribution in [0.5, 0.6) is 0 Å². The van der Waals surface area contributed by atoms with Crippen LogP contribution < -0.4 is 10.6 Å². The molecule has 0 saturated carbocycles. The largest absolute Gasteiger partial charge is 0.326 e. The topological polar surface area (TPSA) is 61.4 Å². The highest BCUT2D eigenvalue weighted by Crippen LogP contribution is 2.23. The number of hydrogen-bond donors (Lipinski definition) is 2. The van der Waals surface area contributed by atoms with E-state index in [4.69, 9.17) is 0 Å². The molecule has 1 heterocycles. The van der Waals surface area contributed by atoms with Gasteiger partial charge in [0.1, 0.15) is 0 Å². The van der Waals surface area contributed by atoms with Gasteiger partial charge in [-0.25, -0.2) is 0 Å². The van der Waals surface area contributed by atoms with Crippen LogP contribution in [-0.4, -0.2) is 36.3 Å². The number of rotatable bonds is 5. The number of amides is 2. The lowest BCUT2D eigenvalue weighted by Crippen LogP contribution is -2.41. The number of anilines is 2. The first-order valence-electron chi connectivity index (χ1n) is 10.3. The van der Waals surface area contributed by atoms with Crippen LogP contribution in [-0.2, 0) is 9.59 Å². The third kappa shape index (κ3) is 5.67. The van der Waals surface area contributed by atoms with Crippen molar-refractivity contribution in [2.75, 3.05) is 30.3 Å². The molecule has 1 fully saturated rings. The summed E-state index contributed by atoms with van der Waals surface area (Å²) in [7, 11) is 0. The lowest BCUT2D eigenvalue weighted by atomic mass is 9.95. The van der Waals surface area contributed by atoms with E-state index in [9.17, 15) is 9.59 Å².